The van der Waals surface area contributed by atoms with Crippen LogP contribution in [0.15, 0.2) is 23.8 Å². The van der Waals surface area contributed by atoms with Crippen molar-refractivity contribution in [1.82, 2.24) is 10.2 Å². The molecule has 0 radical (unpaired) electrons. The Labute approximate surface area is 304 Å². The topological polar surface area (TPSA) is 110 Å². The molecule has 1 saturated carbocycles. The molecule has 0 spiro atoms. The first-order chi connectivity index (χ1) is 21.8. The Bertz CT molecular complexity index is 1030. The summed E-state index contributed by atoms with van der Waals surface area (Å²) in [4.78, 5) is 26.5. The van der Waals surface area contributed by atoms with Gasteiger partial charge in [0.1, 0.15) is 0 Å². The van der Waals surface area contributed by atoms with Crippen molar-refractivity contribution in [3.63, 3.8) is 0 Å². The first-order valence-corrected chi connectivity index (χ1v) is 17.5. The van der Waals surface area contributed by atoms with E-state index < -0.39 is 6.10 Å². The largest absolute Gasteiger partial charge is 1.00 e. The number of allylic oxidation sites excluding steroid dienone is 3. The van der Waals surface area contributed by atoms with Gasteiger partial charge in [0.15, 0.2) is 0 Å². The molecule has 0 bridgehead atoms. The number of epoxide rings is 1. The van der Waals surface area contributed by atoms with Crippen LogP contribution in [-0.4, -0.2) is 91.5 Å². The number of nitrogens with zero attached hydrogens (tertiary/aromatic N) is 1. The second-order valence-electron chi connectivity index (χ2n) is 14.4. The average Bonchev–Trinajstić information content (AvgIpc) is 3.70. The van der Waals surface area contributed by atoms with Gasteiger partial charge in [0.2, 0.25) is 5.91 Å². The molecule has 48 heavy (non-hydrogen) atoms. The second kappa shape index (κ2) is 21.1. The van der Waals surface area contributed by atoms with Crippen molar-refractivity contribution in [2.45, 2.75) is 123 Å². The molecule has 0 aromatic carbocycles. The van der Waals surface area contributed by atoms with Crippen molar-refractivity contribution in [2.75, 3.05) is 33.4 Å². The molecule has 9 nitrogen and oxygen atoms in total. The molecule has 0 unspecified atom stereocenters. The van der Waals surface area contributed by atoms with Crippen molar-refractivity contribution < 1.29 is 52.5 Å². The standard InChI is InChI=1S/C37H62N2O7.CH3.Li/c1-10-39(11-2)36(42)44-23-29-16-18-30(19-17-29)35(41)38-22-31-20-15-26(5)32(45-31)25(4)14-12-13-24(3)21-37(8)34(46-37)27(6)33(43-9)28(7)40;;/h12-14,24,26-34,40H,1-2,10-11,15-23H2,3-9H3,(H,38,41);1H3;/q-2;-1;+1/b13-12+,25-14+;;/t24-,26+,27-,28-,29?,30?,31-,32-,33-,34-,37-;;/m1../s1. The van der Waals surface area contributed by atoms with Gasteiger partial charge in [0, 0.05) is 25.5 Å². The van der Waals surface area contributed by atoms with E-state index in [4.69, 9.17) is 18.9 Å². The van der Waals surface area contributed by atoms with Crippen LogP contribution in [0, 0.1) is 50.9 Å². The van der Waals surface area contributed by atoms with Gasteiger partial charge in [0.25, 0.3) is 0 Å². The fourth-order valence-electron chi connectivity index (χ4n) is 7.55. The van der Waals surface area contributed by atoms with Gasteiger partial charge >= 0.3 is 25.0 Å². The van der Waals surface area contributed by atoms with Gasteiger partial charge in [-0.1, -0.05) is 39.0 Å². The van der Waals surface area contributed by atoms with Gasteiger partial charge in [-0.3, -0.25) is 4.79 Å². The number of amides is 2. The first-order valence-electron chi connectivity index (χ1n) is 17.5. The summed E-state index contributed by atoms with van der Waals surface area (Å²) in [6.45, 7) is 21.6. The minimum absolute atomic E-state index is 0. The monoisotopic (exact) mass is 668 g/mol. The van der Waals surface area contributed by atoms with E-state index in [9.17, 15) is 14.7 Å². The van der Waals surface area contributed by atoms with Gasteiger partial charge in [-0.25, -0.2) is 4.79 Å². The first kappa shape index (κ1) is 44.7. The maximum atomic E-state index is 13.0. The van der Waals surface area contributed by atoms with Gasteiger partial charge in [-0.05, 0) is 89.0 Å². The molecular formula is C38H65LiN2O7-2. The molecule has 2 amide bonds. The van der Waals surface area contributed by atoms with Crippen LogP contribution in [0.1, 0.15) is 86.5 Å². The summed E-state index contributed by atoms with van der Waals surface area (Å²) in [5.74, 6) is 1.25. The summed E-state index contributed by atoms with van der Waals surface area (Å²) in [6.07, 6.45) is 11.7. The fraction of sp³-hybridized carbons (Fsp3) is 0.763. The molecule has 2 N–H and O–H groups in total. The maximum Gasteiger partial charge on any atom is 1.00 e. The number of carbonyl (C=O) groups excluding carboxylic acids is 2. The third-order valence-corrected chi connectivity index (χ3v) is 10.4. The van der Waals surface area contributed by atoms with E-state index in [-0.39, 0.29) is 86.1 Å². The van der Waals surface area contributed by atoms with E-state index in [2.05, 4.69) is 72.0 Å². The second-order valence-corrected chi connectivity index (χ2v) is 14.4. The molecule has 2 aliphatic heterocycles. The van der Waals surface area contributed by atoms with E-state index in [1.165, 1.54) is 10.5 Å². The molecule has 2 heterocycles. The van der Waals surface area contributed by atoms with Crippen molar-refractivity contribution >= 4 is 12.0 Å². The predicted octanol–water partition coefficient (Wildman–Crippen LogP) is 3.37. The smallest absolute Gasteiger partial charge is 0.449 e. The number of hydrogen-bond donors (Lipinski definition) is 2. The van der Waals surface area contributed by atoms with Crippen molar-refractivity contribution in [1.29, 1.82) is 0 Å². The third-order valence-electron chi connectivity index (χ3n) is 10.4. The Morgan fingerprint density at radius 1 is 1.10 bits per heavy atom. The van der Waals surface area contributed by atoms with Crippen molar-refractivity contribution in [3.8, 4) is 0 Å². The van der Waals surface area contributed by atoms with E-state index >= 15 is 0 Å². The number of nitrogens with one attached hydrogen (secondary N) is 1. The molecule has 9 atom stereocenters. The van der Waals surface area contributed by atoms with Crippen LogP contribution in [-0.2, 0) is 23.7 Å². The van der Waals surface area contributed by atoms with Crippen molar-refractivity contribution in [2.24, 2.45) is 29.6 Å². The summed E-state index contributed by atoms with van der Waals surface area (Å²) in [6, 6.07) is 0. The Morgan fingerprint density at radius 3 is 2.33 bits per heavy atom. The van der Waals surface area contributed by atoms with Crippen LogP contribution in [0.5, 0.6) is 0 Å². The molecular weight excluding hydrogens is 603 g/mol. The molecule has 0 aromatic rings. The summed E-state index contributed by atoms with van der Waals surface area (Å²) in [7, 11) is 1.64. The number of aliphatic hydroxyl groups excluding tert-OH is 1. The number of ether oxygens (including phenoxy) is 4. The number of carbonyl (C=O) groups is 2. The summed E-state index contributed by atoms with van der Waals surface area (Å²) in [5, 5.41) is 13.2. The normalized spacial score (nSPS) is 31.4. The van der Waals surface area contributed by atoms with Gasteiger partial charge in [0.05, 0.1) is 42.7 Å². The molecule has 272 valence electrons. The van der Waals surface area contributed by atoms with E-state index in [0.717, 1.165) is 44.9 Å². The number of rotatable bonds is 16. The van der Waals surface area contributed by atoms with Gasteiger partial charge in [-0.2, -0.15) is 0 Å². The van der Waals surface area contributed by atoms with Gasteiger partial charge in [-0.15, -0.1) is 13.1 Å². The molecule has 3 fully saturated rings. The zero-order valence-corrected chi connectivity index (χ0v) is 31.5. The third kappa shape index (κ3) is 12.8. The Morgan fingerprint density at radius 2 is 1.75 bits per heavy atom. The van der Waals surface area contributed by atoms with E-state index in [0.29, 0.717) is 38.1 Å². The quantitative estimate of drug-likeness (QED) is 0.112. The Hall–Kier alpha value is -1.34. The zero-order chi connectivity index (χ0) is 34.0. The summed E-state index contributed by atoms with van der Waals surface area (Å²) >= 11 is 0. The van der Waals surface area contributed by atoms with Gasteiger partial charge < -0.3 is 55.5 Å². The fourth-order valence-corrected chi connectivity index (χ4v) is 7.55. The number of hydrogen-bond acceptors (Lipinski definition) is 7. The van der Waals surface area contributed by atoms with Crippen LogP contribution in [0.3, 0.4) is 0 Å². The van der Waals surface area contributed by atoms with Crippen LogP contribution in [0.2, 0.25) is 0 Å². The van der Waals surface area contributed by atoms with Crippen LogP contribution in [0.4, 0.5) is 4.79 Å². The molecule has 3 rings (SSSR count). The predicted molar refractivity (Wildman–Crippen MR) is 187 cm³/mol. The minimum atomic E-state index is -0.537. The van der Waals surface area contributed by atoms with Crippen LogP contribution in [0.25, 0.3) is 0 Å². The van der Waals surface area contributed by atoms with Crippen molar-refractivity contribution in [3.05, 3.63) is 45.1 Å². The van der Waals surface area contributed by atoms with E-state index in [1.54, 1.807) is 14.0 Å². The number of aliphatic hydroxyl groups is 1. The Balaban J connectivity index is 0.00000576. The van der Waals surface area contributed by atoms with Crippen LogP contribution >= 0.6 is 0 Å². The summed E-state index contributed by atoms with van der Waals surface area (Å²) < 4.78 is 23.6. The Kier molecular flexibility index (Phi) is 19.7. The zero-order valence-electron chi connectivity index (χ0n) is 31.5. The molecule has 3 aliphatic rings. The van der Waals surface area contributed by atoms with E-state index in [1.807, 2.05) is 0 Å². The molecule has 0 aromatic heterocycles. The number of methoxy groups -OCH3 is 1. The SMILES string of the molecule is [CH2-]CN(C[CH2-])C(=O)OCC1CCC(C(=O)NC[C@H]2CC[C@H](C)[C@@H](/C(C)=C/C=C/[C@@H](C)C[C@@]3(C)O[C@@H]3[C@H](C)[C@@H](OC)[C@@H](C)O)O2)CC1.[CH3-].[Li+]. The molecule has 2 saturated heterocycles. The maximum absolute atomic E-state index is 13.0. The van der Waals surface area contributed by atoms with Crippen LogP contribution < -0.4 is 24.2 Å². The minimum Gasteiger partial charge on any atom is -0.449 e. The summed E-state index contributed by atoms with van der Waals surface area (Å²) in [5.41, 5.74) is 0.988. The average molecular weight is 669 g/mol. The molecule has 1 aliphatic carbocycles. The molecule has 10 heteroatoms.